The normalized spacial score (nSPS) is 10.5. The zero-order chi connectivity index (χ0) is 10.8. The lowest BCUT2D eigenvalue weighted by atomic mass is 10.2. The number of nitrogens with zero attached hydrogens (tertiary/aromatic N) is 3. The highest BCUT2D eigenvalue weighted by Crippen LogP contribution is 2.05. The maximum atomic E-state index is 11.7. The van der Waals surface area contributed by atoms with Gasteiger partial charge < -0.3 is 5.11 Å². The minimum Gasteiger partial charge on any atom is -0.838 e. The molecule has 0 aliphatic rings. The molecule has 0 unspecified atom stereocenters. The standard InChI is InChI=1S/C11H13N3O/c1-9-11(15)14(12-13(9)2)8-10-6-4-3-5-7-10/h3-7H,8H2,1-2H3. The van der Waals surface area contributed by atoms with E-state index in [9.17, 15) is 5.11 Å². The molecule has 0 spiro atoms. The van der Waals surface area contributed by atoms with Crippen molar-refractivity contribution in [3.63, 3.8) is 0 Å². The van der Waals surface area contributed by atoms with Crippen LogP contribution < -0.4 is 9.79 Å². The fraction of sp³-hybridized carbons (Fsp3) is 0.273. The number of hydrogen-bond donors (Lipinski definition) is 0. The van der Waals surface area contributed by atoms with Crippen molar-refractivity contribution in [1.29, 1.82) is 0 Å². The molecule has 0 fully saturated rings. The molecule has 0 saturated carbocycles. The zero-order valence-electron chi connectivity index (χ0n) is 8.84. The smallest absolute Gasteiger partial charge is 0.157 e. The van der Waals surface area contributed by atoms with Crippen LogP contribution in [-0.4, -0.2) is 9.90 Å². The molecule has 78 valence electrons. The predicted molar refractivity (Wildman–Crippen MR) is 53.1 cm³/mol. The number of hydrogen-bond acceptors (Lipinski definition) is 2. The van der Waals surface area contributed by atoms with Crippen LogP contribution in [0.25, 0.3) is 0 Å². The monoisotopic (exact) mass is 203 g/mol. The first-order valence-electron chi connectivity index (χ1n) is 4.83. The van der Waals surface area contributed by atoms with E-state index in [1.165, 1.54) is 4.68 Å². The van der Waals surface area contributed by atoms with Crippen molar-refractivity contribution in [2.24, 2.45) is 7.05 Å². The topological polar surface area (TPSA) is 44.8 Å². The summed E-state index contributed by atoms with van der Waals surface area (Å²) in [6.45, 7) is 2.30. The van der Waals surface area contributed by atoms with Crippen molar-refractivity contribution < 1.29 is 9.79 Å². The Morgan fingerprint density at radius 1 is 1.33 bits per heavy atom. The van der Waals surface area contributed by atoms with Gasteiger partial charge in [0.05, 0.1) is 5.21 Å². The molecule has 1 aromatic carbocycles. The quantitative estimate of drug-likeness (QED) is 0.652. The summed E-state index contributed by atoms with van der Waals surface area (Å²) < 4.78 is 3.08. The van der Waals surface area contributed by atoms with Gasteiger partial charge in [-0.25, -0.2) is 0 Å². The minimum absolute atomic E-state index is 0.0265. The maximum Gasteiger partial charge on any atom is 0.157 e. The molecule has 1 aromatic heterocycles. The summed E-state index contributed by atoms with van der Waals surface area (Å²) in [6.07, 6.45) is 0. The largest absolute Gasteiger partial charge is 0.838 e. The summed E-state index contributed by atoms with van der Waals surface area (Å²) in [6, 6.07) is 9.83. The molecule has 0 N–H and O–H groups in total. The molecule has 15 heavy (non-hydrogen) atoms. The third-order valence-electron chi connectivity index (χ3n) is 2.45. The van der Waals surface area contributed by atoms with Crippen LogP contribution in [0.4, 0.5) is 0 Å². The second-order valence-corrected chi connectivity index (χ2v) is 3.55. The Bertz CT molecular complexity index is 462. The Morgan fingerprint density at radius 3 is 2.53 bits per heavy atom. The molecule has 2 aromatic rings. The molecule has 0 amide bonds. The lowest BCUT2D eigenvalue weighted by Gasteiger charge is -2.01. The number of aryl methyl sites for hydroxylation is 1. The summed E-state index contributed by atoms with van der Waals surface area (Å²) in [5.41, 5.74) is 1.74. The van der Waals surface area contributed by atoms with Crippen molar-refractivity contribution in [2.45, 2.75) is 13.5 Å². The van der Waals surface area contributed by atoms with Crippen molar-refractivity contribution in [3.05, 3.63) is 41.6 Å². The third kappa shape index (κ3) is 1.83. The first kappa shape index (κ1) is 9.71. The van der Waals surface area contributed by atoms with E-state index < -0.39 is 0 Å². The van der Waals surface area contributed by atoms with Crippen LogP contribution in [0.3, 0.4) is 0 Å². The maximum absolute atomic E-state index is 11.7. The highest BCUT2D eigenvalue weighted by molar-refractivity contribution is 5.13. The van der Waals surface area contributed by atoms with Gasteiger partial charge in [-0.3, -0.25) is 0 Å². The molecule has 2 rings (SSSR count). The predicted octanol–water partition coefficient (Wildman–Crippen LogP) is 0.138. The van der Waals surface area contributed by atoms with Crippen LogP contribution >= 0.6 is 0 Å². The van der Waals surface area contributed by atoms with Crippen molar-refractivity contribution in [2.75, 3.05) is 0 Å². The van der Waals surface area contributed by atoms with Gasteiger partial charge in [-0.15, -0.1) is 9.36 Å². The van der Waals surface area contributed by atoms with Crippen molar-refractivity contribution in [1.82, 2.24) is 9.90 Å². The summed E-state index contributed by atoms with van der Waals surface area (Å²) in [5, 5.41) is 15.8. The van der Waals surface area contributed by atoms with E-state index in [0.29, 0.717) is 12.2 Å². The van der Waals surface area contributed by atoms with E-state index in [4.69, 9.17) is 0 Å². The Hall–Kier alpha value is -1.84. The molecule has 0 radical (unpaired) electrons. The van der Waals surface area contributed by atoms with E-state index in [2.05, 4.69) is 5.21 Å². The molecule has 0 atom stereocenters. The van der Waals surface area contributed by atoms with E-state index in [1.54, 1.807) is 18.7 Å². The second-order valence-electron chi connectivity index (χ2n) is 3.55. The average Bonchev–Trinajstić information content (AvgIpc) is 2.48. The van der Waals surface area contributed by atoms with Crippen LogP contribution in [0, 0.1) is 6.92 Å². The summed E-state index contributed by atoms with van der Waals surface area (Å²) >= 11 is 0. The lowest BCUT2D eigenvalue weighted by Crippen LogP contribution is -2.39. The molecule has 0 aliphatic carbocycles. The highest BCUT2D eigenvalue weighted by Gasteiger charge is 2.11. The van der Waals surface area contributed by atoms with E-state index in [1.807, 2.05) is 30.3 Å². The van der Waals surface area contributed by atoms with Crippen LogP contribution in [0.5, 0.6) is 5.88 Å². The van der Waals surface area contributed by atoms with Crippen LogP contribution in [0.2, 0.25) is 0 Å². The van der Waals surface area contributed by atoms with Gasteiger partial charge in [0.2, 0.25) is 0 Å². The number of aromatic nitrogens is 3. The average molecular weight is 203 g/mol. The van der Waals surface area contributed by atoms with E-state index in [-0.39, 0.29) is 5.88 Å². The molecule has 0 bridgehead atoms. The van der Waals surface area contributed by atoms with Crippen LogP contribution in [0.15, 0.2) is 30.3 Å². The van der Waals surface area contributed by atoms with Crippen molar-refractivity contribution >= 4 is 0 Å². The molecule has 4 heteroatoms. The van der Waals surface area contributed by atoms with Gasteiger partial charge in [0.15, 0.2) is 5.69 Å². The summed E-state index contributed by atoms with van der Waals surface area (Å²) in [5.74, 6) is -0.0265. The van der Waals surface area contributed by atoms with Gasteiger partial charge in [-0.1, -0.05) is 30.3 Å². The Morgan fingerprint density at radius 2 is 2.00 bits per heavy atom. The zero-order valence-corrected chi connectivity index (χ0v) is 8.84. The van der Waals surface area contributed by atoms with E-state index >= 15 is 0 Å². The minimum atomic E-state index is -0.0265. The third-order valence-corrected chi connectivity index (χ3v) is 2.45. The Kier molecular flexibility index (Phi) is 2.41. The molecule has 0 saturated heterocycles. The fourth-order valence-corrected chi connectivity index (χ4v) is 1.45. The van der Waals surface area contributed by atoms with Crippen LogP contribution in [-0.2, 0) is 13.6 Å². The SMILES string of the molecule is Cc1c([O-])[n+](Cc2ccccc2)nn1C. The molecular formula is C11H13N3O. The lowest BCUT2D eigenvalue weighted by molar-refractivity contribution is -0.779. The first-order chi connectivity index (χ1) is 7.18. The Balaban J connectivity index is 2.29. The second kappa shape index (κ2) is 3.73. The van der Waals surface area contributed by atoms with Gasteiger partial charge in [-0.2, -0.15) is 0 Å². The Labute approximate surface area is 88.4 Å². The van der Waals surface area contributed by atoms with Gasteiger partial charge in [0.1, 0.15) is 19.5 Å². The highest BCUT2D eigenvalue weighted by atomic mass is 16.3. The summed E-state index contributed by atoms with van der Waals surface area (Å²) in [4.78, 5) is 0. The molecular weight excluding hydrogens is 190 g/mol. The van der Waals surface area contributed by atoms with Gasteiger partial charge in [-0.05, 0) is 5.56 Å². The van der Waals surface area contributed by atoms with Gasteiger partial charge >= 0.3 is 0 Å². The van der Waals surface area contributed by atoms with Gasteiger partial charge in [0.25, 0.3) is 0 Å². The summed E-state index contributed by atoms with van der Waals surface area (Å²) in [7, 11) is 1.78. The number of benzene rings is 1. The fourth-order valence-electron chi connectivity index (χ4n) is 1.45. The molecule has 4 nitrogen and oxygen atoms in total. The van der Waals surface area contributed by atoms with Gasteiger partial charge in [0, 0.05) is 6.92 Å². The first-order valence-corrected chi connectivity index (χ1v) is 4.83. The number of rotatable bonds is 2. The van der Waals surface area contributed by atoms with E-state index in [0.717, 1.165) is 5.56 Å². The van der Waals surface area contributed by atoms with Crippen LogP contribution in [0.1, 0.15) is 11.3 Å². The molecule has 0 aliphatic heterocycles. The molecule has 1 heterocycles. The van der Waals surface area contributed by atoms with Crippen molar-refractivity contribution in [3.8, 4) is 5.88 Å².